The summed E-state index contributed by atoms with van der Waals surface area (Å²) in [6, 6.07) is 12.8. The van der Waals surface area contributed by atoms with Crippen LogP contribution in [0.1, 0.15) is 30.1 Å². The molecule has 1 saturated carbocycles. The first kappa shape index (κ1) is 17.7. The predicted octanol–water partition coefficient (Wildman–Crippen LogP) is 1.86. The number of nitrogens with zero attached hydrogens (tertiary/aromatic N) is 2. The Morgan fingerprint density at radius 3 is 2.37 bits per heavy atom. The summed E-state index contributed by atoms with van der Waals surface area (Å²) in [6.45, 7) is 1.85. The topological polar surface area (TPSA) is 90.2 Å². The second-order valence-electron chi connectivity index (χ2n) is 7.16. The number of benzene rings is 2. The number of hydrogen-bond donors (Lipinski definition) is 1. The van der Waals surface area contributed by atoms with E-state index in [0.29, 0.717) is 11.1 Å². The average molecular weight is 385 g/mol. The summed E-state index contributed by atoms with van der Waals surface area (Å²) in [7, 11) is -2.19. The van der Waals surface area contributed by atoms with Gasteiger partial charge in [0.25, 0.3) is 5.91 Å². The molecule has 3 aromatic rings. The Kier molecular flexibility index (Phi) is 3.87. The molecule has 1 aliphatic rings. The number of hydrogen-bond acceptors (Lipinski definition) is 4. The molecule has 0 aliphatic heterocycles. The molecule has 1 aliphatic carbocycles. The van der Waals surface area contributed by atoms with Crippen LogP contribution in [0.15, 0.2) is 58.2 Å². The third-order valence-corrected chi connectivity index (χ3v) is 6.58. The van der Waals surface area contributed by atoms with E-state index in [0.717, 1.165) is 17.4 Å². The van der Waals surface area contributed by atoms with Crippen LogP contribution in [0.3, 0.4) is 0 Å². The summed E-state index contributed by atoms with van der Waals surface area (Å²) in [5.74, 6) is -0.497. The molecule has 1 aromatic heterocycles. The second-order valence-corrected chi connectivity index (χ2v) is 8.85. The van der Waals surface area contributed by atoms with Crippen molar-refractivity contribution in [2.45, 2.75) is 30.2 Å². The van der Waals surface area contributed by atoms with Crippen molar-refractivity contribution in [2.75, 3.05) is 0 Å². The molecule has 4 rings (SSSR count). The highest BCUT2D eigenvalue weighted by Gasteiger charge is 2.41. The van der Waals surface area contributed by atoms with Gasteiger partial charge in [0.1, 0.15) is 0 Å². The van der Waals surface area contributed by atoms with Crippen molar-refractivity contribution in [1.82, 2.24) is 13.9 Å². The maximum Gasteiger partial charge on any atom is 0.335 e. The van der Waals surface area contributed by atoms with Crippen molar-refractivity contribution in [1.29, 1.82) is 0 Å². The van der Waals surface area contributed by atoms with Gasteiger partial charge in [-0.15, -0.1) is 0 Å². The van der Waals surface area contributed by atoms with Crippen LogP contribution in [-0.4, -0.2) is 29.0 Å². The Labute approximate surface area is 156 Å². The van der Waals surface area contributed by atoms with Gasteiger partial charge in [0.2, 0.25) is 10.0 Å². The molecule has 0 spiro atoms. The molecule has 1 N–H and O–H groups in total. The monoisotopic (exact) mass is 385 g/mol. The number of aromatic nitrogens is 2. The summed E-state index contributed by atoms with van der Waals surface area (Å²) in [6.07, 6.45) is 1.58. The predicted molar refractivity (Wildman–Crippen MR) is 101 cm³/mol. The number of carbonyl (C=O) groups excluding carboxylic acids is 1. The van der Waals surface area contributed by atoms with E-state index in [2.05, 4.69) is 4.72 Å². The van der Waals surface area contributed by atoms with E-state index in [1.807, 2.05) is 6.92 Å². The molecular weight excluding hydrogens is 366 g/mol. The van der Waals surface area contributed by atoms with Gasteiger partial charge < -0.3 is 0 Å². The summed E-state index contributed by atoms with van der Waals surface area (Å²) >= 11 is 0. The zero-order valence-corrected chi connectivity index (χ0v) is 15.8. The highest BCUT2D eigenvalue weighted by Crippen LogP contribution is 2.36. The Hall–Kier alpha value is -2.71. The quantitative estimate of drug-likeness (QED) is 0.742. The SMILES string of the molecule is Cn1c(=O)n(C(=O)c2ccccc2)c2cc(S(=O)(=O)NC3(C)CC3)ccc21. The van der Waals surface area contributed by atoms with Gasteiger partial charge in [-0.2, -0.15) is 0 Å². The number of carbonyl (C=O) groups is 1. The lowest BCUT2D eigenvalue weighted by atomic mass is 10.2. The van der Waals surface area contributed by atoms with Crippen molar-refractivity contribution < 1.29 is 13.2 Å². The molecule has 0 radical (unpaired) electrons. The zero-order chi connectivity index (χ0) is 19.4. The maximum absolute atomic E-state index is 12.9. The number of nitrogens with one attached hydrogen (secondary N) is 1. The Balaban J connectivity index is 1.88. The molecule has 140 valence electrons. The summed E-state index contributed by atoms with van der Waals surface area (Å²) in [5.41, 5.74) is 0.171. The minimum atomic E-state index is -3.74. The molecule has 0 atom stereocenters. The zero-order valence-electron chi connectivity index (χ0n) is 15.0. The van der Waals surface area contributed by atoms with Crippen molar-refractivity contribution in [3.63, 3.8) is 0 Å². The highest BCUT2D eigenvalue weighted by molar-refractivity contribution is 7.89. The van der Waals surface area contributed by atoms with Gasteiger partial charge in [0.15, 0.2) is 0 Å². The van der Waals surface area contributed by atoms with E-state index < -0.39 is 27.2 Å². The largest absolute Gasteiger partial charge is 0.335 e. The van der Waals surface area contributed by atoms with Crippen LogP contribution in [0.4, 0.5) is 0 Å². The standard InChI is InChI=1S/C19H19N3O4S/c1-19(10-11-19)20-27(25,26)14-8-9-15-16(12-14)22(18(24)21(15)2)17(23)13-6-4-3-5-7-13/h3-9,12,20H,10-11H2,1-2H3. The van der Waals surface area contributed by atoms with E-state index in [4.69, 9.17) is 0 Å². The van der Waals surface area contributed by atoms with Crippen molar-refractivity contribution in [3.8, 4) is 0 Å². The van der Waals surface area contributed by atoms with Gasteiger partial charge in [-0.05, 0) is 50.1 Å². The Morgan fingerprint density at radius 1 is 1.07 bits per heavy atom. The fourth-order valence-electron chi connectivity index (χ4n) is 3.07. The van der Waals surface area contributed by atoms with Crippen molar-refractivity contribution in [3.05, 3.63) is 64.6 Å². The Bertz CT molecular complexity index is 1220. The first-order valence-corrected chi connectivity index (χ1v) is 10.1. The first-order chi connectivity index (χ1) is 12.7. The Morgan fingerprint density at radius 2 is 1.74 bits per heavy atom. The van der Waals surface area contributed by atoms with Crippen LogP contribution in [-0.2, 0) is 17.1 Å². The van der Waals surface area contributed by atoms with Gasteiger partial charge in [0.05, 0.1) is 15.9 Å². The lowest BCUT2D eigenvalue weighted by molar-refractivity contribution is 0.0960. The highest BCUT2D eigenvalue weighted by atomic mass is 32.2. The molecule has 2 aromatic carbocycles. The van der Waals surface area contributed by atoms with Gasteiger partial charge in [-0.1, -0.05) is 18.2 Å². The number of imidazole rings is 1. The van der Waals surface area contributed by atoms with Gasteiger partial charge in [-0.3, -0.25) is 9.36 Å². The lowest BCUT2D eigenvalue weighted by Crippen LogP contribution is -2.34. The molecule has 0 saturated heterocycles. The molecule has 0 amide bonds. The minimum Gasteiger partial charge on any atom is -0.295 e. The normalized spacial score (nSPS) is 15.8. The molecular formula is C19H19N3O4S. The maximum atomic E-state index is 12.9. The van der Waals surface area contributed by atoms with E-state index in [1.54, 1.807) is 43.4 Å². The minimum absolute atomic E-state index is 0.0309. The number of rotatable bonds is 4. The molecule has 27 heavy (non-hydrogen) atoms. The van der Waals surface area contributed by atoms with Gasteiger partial charge >= 0.3 is 5.69 Å². The second kappa shape index (κ2) is 5.90. The molecule has 0 unspecified atom stereocenters. The molecule has 7 nitrogen and oxygen atoms in total. The van der Waals surface area contributed by atoms with E-state index in [-0.39, 0.29) is 10.4 Å². The first-order valence-electron chi connectivity index (χ1n) is 8.57. The number of sulfonamides is 1. The van der Waals surface area contributed by atoms with Crippen LogP contribution >= 0.6 is 0 Å². The summed E-state index contributed by atoms with van der Waals surface area (Å²) in [5, 5.41) is 0. The van der Waals surface area contributed by atoms with Gasteiger partial charge in [-0.25, -0.2) is 22.5 Å². The average Bonchev–Trinajstić information content (AvgIpc) is 3.31. The number of fused-ring (bicyclic) bond motifs is 1. The molecule has 0 bridgehead atoms. The van der Waals surface area contributed by atoms with Crippen LogP contribution in [0.5, 0.6) is 0 Å². The molecule has 1 heterocycles. The van der Waals surface area contributed by atoms with Gasteiger partial charge in [0, 0.05) is 18.2 Å². The number of aryl methyl sites for hydroxylation is 1. The lowest BCUT2D eigenvalue weighted by Gasteiger charge is -2.12. The fraction of sp³-hybridized carbons (Fsp3) is 0.263. The van der Waals surface area contributed by atoms with Crippen molar-refractivity contribution >= 4 is 27.0 Å². The van der Waals surface area contributed by atoms with E-state index in [9.17, 15) is 18.0 Å². The summed E-state index contributed by atoms with van der Waals surface area (Å²) in [4.78, 5) is 25.6. The van der Waals surface area contributed by atoms with Crippen LogP contribution < -0.4 is 10.4 Å². The third kappa shape index (κ3) is 3.00. The molecule has 8 heteroatoms. The van der Waals surface area contributed by atoms with Crippen LogP contribution in [0, 0.1) is 0 Å². The smallest absolute Gasteiger partial charge is 0.295 e. The van der Waals surface area contributed by atoms with Crippen LogP contribution in [0.2, 0.25) is 0 Å². The fourth-order valence-corrected chi connectivity index (χ4v) is 4.55. The molecule has 1 fully saturated rings. The van der Waals surface area contributed by atoms with E-state index in [1.165, 1.54) is 16.7 Å². The summed E-state index contributed by atoms with van der Waals surface area (Å²) < 4.78 is 30.4. The van der Waals surface area contributed by atoms with Crippen LogP contribution in [0.25, 0.3) is 11.0 Å². The van der Waals surface area contributed by atoms with E-state index >= 15 is 0 Å². The van der Waals surface area contributed by atoms with Crippen molar-refractivity contribution in [2.24, 2.45) is 7.05 Å². The third-order valence-electron chi connectivity index (χ3n) is 4.94.